The van der Waals surface area contributed by atoms with Crippen LogP contribution >= 0.6 is 7.82 Å². The van der Waals surface area contributed by atoms with E-state index in [1.807, 2.05) is 6.07 Å². The van der Waals surface area contributed by atoms with Crippen LogP contribution in [0.2, 0.25) is 0 Å². The van der Waals surface area contributed by atoms with Crippen LogP contribution in [-0.2, 0) is 13.6 Å². The predicted octanol–water partition coefficient (Wildman–Crippen LogP) is 3.65. The highest BCUT2D eigenvalue weighted by Crippen LogP contribution is 2.56. The fraction of sp³-hybridized carbons (Fsp3) is 0.214. The summed E-state index contributed by atoms with van der Waals surface area (Å²) in [5, 5.41) is 10.6. The second kappa shape index (κ2) is 6.45. The van der Waals surface area contributed by atoms with E-state index in [1.165, 1.54) is 24.3 Å². The van der Waals surface area contributed by atoms with Crippen molar-refractivity contribution in [2.24, 2.45) is 0 Å². The van der Waals surface area contributed by atoms with Gasteiger partial charge in [-0.05, 0) is 24.3 Å². The van der Waals surface area contributed by atoms with Crippen molar-refractivity contribution in [2.75, 3.05) is 6.61 Å². The zero-order valence-corrected chi connectivity index (χ0v) is 12.8. The molecule has 2 heterocycles. The molecule has 23 heavy (non-hydrogen) atoms. The van der Waals surface area contributed by atoms with Gasteiger partial charge in [-0.15, -0.1) is 0 Å². The molecular formula is C14H13N2O6P. The van der Waals surface area contributed by atoms with Crippen molar-refractivity contribution in [3.63, 3.8) is 0 Å². The van der Waals surface area contributed by atoms with Crippen LogP contribution < -0.4 is 4.52 Å². The maximum absolute atomic E-state index is 12.6. The van der Waals surface area contributed by atoms with Crippen molar-refractivity contribution < 1.29 is 23.1 Å². The highest BCUT2D eigenvalue weighted by Gasteiger charge is 2.38. The molecule has 1 fully saturated rings. The quantitative estimate of drug-likeness (QED) is 0.477. The van der Waals surface area contributed by atoms with Gasteiger partial charge in [0, 0.05) is 24.8 Å². The van der Waals surface area contributed by atoms with Crippen LogP contribution in [-0.4, -0.2) is 16.5 Å². The molecule has 120 valence electrons. The van der Waals surface area contributed by atoms with Gasteiger partial charge in [0.2, 0.25) is 0 Å². The molecule has 2 atom stereocenters. The molecule has 0 radical (unpaired) electrons. The number of nitro benzene ring substituents is 1. The Kier molecular flexibility index (Phi) is 4.38. The Morgan fingerprint density at radius 2 is 2.04 bits per heavy atom. The van der Waals surface area contributed by atoms with E-state index in [-0.39, 0.29) is 18.0 Å². The molecule has 1 aromatic heterocycles. The fourth-order valence-corrected chi connectivity index (χ4v) is 3.48. The lowest BCUT2D eigenvalue weighted by Gasteiger charge is -2.28. The molecule has 8 nitrogen and oxygen atoms in total. The second-order valence-electron chi connectivity index (χ2n) is 4.76. The van der Waals surface area contributed by atoms with E-state index in [0.29, 0.717) is 12.1 Å². The van der Waals surface area contributed by atoms with Crippen LogP contribution in [0.5, 0.6) is 5.75 Å². The summed E-state index contributed by atoms with van der Waals surface area (Å²) in [6.07, 6.45) is 1.63. The first-order valence-electron chi connectivity index (χ1n) is 6.84. The largest absolute Gasteiger partial charge is 0.530 e. The summed E-state index contributed by atoms with van der Waals surface area (Å²) >= 11 is 0. The van der Waals surface area contributed by atoms with Gasteiger partial charge in [-0.2, -0.15) is 0 Å². The van der Waals surface area contributed by atoms with E-state index in [2.05, 4.69) is 4.98 Å². The highest BCUT2D eigenvalue weighted by molar-refractivity contribution is 7.49. The maximum Gasteiger partial charge on any atom is 0.530 e. The monoisotopic (exact) mass is 336 g/mol. The van der Waals surface area contributed by atoms with E-state index < -0.39 is 18.8 Å². The van der Waals surface area contributed by atoms with Gasteiger partial charge < -0.3 is 4.52 Å². The zero-order chi connectivity index (χ0) is 16.3. The molecule has 3 rings (SSSR count). The molecule has 1 saturated heterocycles. The number of hydrogen-bond acceptors (Lipinski definition) is 7. The summed E-state index contributed by atoms with van der Waals surface area (Å²) in [4.78, 5) is 14.3. The minimum absolute atomic E-state index is 0.0903. The van der Waals surface area contributed by atoms with Gasteiger partial charge in [0.25, 0.3) is 5.69 Å². The SMILES string of the molecule is O=[N+]([O-])c1ccc(OP2(=O)OCCC(c3ccccn3)O2)cc1. The smallest absolute Gasteiger partial charge is 0.404 e. The third kappa shape index (κ3) is 3.73. The molecule has 2 aromatic rings. The van der Waals surface area contributed by atoms with Crippen LogP contribution in [0.1, 0.15) is 18.2 Å². The van der Waals surface area contributed by atoms with E-state index >= 15 is 0 Å². The van der Waals surface area contributed by atoms with Crippen molar-refractivity contribution >= 4 is 13.5 Å². The Hall–Kier alpha value is -2.28. The number of hydrogen-bond donors (Lipinski definition) is 0. The number of phosphoric acid groups is 1. The van der Waals surface area contributed by atoms with Gasteiger partial charge in [0.15, 0.2) is 0 Å². The average Bonchev–Trinajstić information content (AvgIpc) is 2.56. The molecule has 9 heteroatoms. The van der Waals surface area contributed by atoms with Crippen LogP contribution in [0.15, 0.2) is 48.7 Å². The Balaban J connectivity index is 1.73. The number of pyridine rings is 1. The Labute approximate surface area is 131 Å². The molecule has 1 aromatic carbocycles. The van der Waals surface area contributed by atoms with Crippen molar-refractivity contribution in [1.82, 2.24) is 4.98 Å². The number of phosphoric ester groups is 1. The van der Waals surface area contributed by atoms with Crippen molar-refractivity contribution in [2.45, 2.75) is 12.5 Å². The molecule has 1 aliphatic rings. The minimum Gasteiger partial charge on any atom is -0.404 e. The molecule has 2 unspecified atom stereocenters. The normalized spacial score (nSPS) is 24.1. The Bertz CT molecular complexity index is 737. The molecule has 1 aliphatic heterocycles. The first-order valence-corrected chi connectivity index (χ1v) is 8.30. The van der Waals surface area contributed by atoms with Crippen LogP contribution in [0.4, 0.5) is 5.69 Å². The minimum atomic E-state index is -3.81. The van der Waals surface area contributed by atoms with Gasteiger partial charge in [-0.3, -0.25) is 24.1 Å². The maximum atomic E-state index is 12.6. The molecule has 0 amide bonds. The summed E-state index contributed by atoms with van der Waals surface area (Å²) in [5.74, 6) is 0.167. The molecule has 0 spiro atoms. The lowest BCUT2D eigenvalue weighted by molar-refractivity contribution is -0.384. The fourth-order valence-electron chi connectivity index (χ4n) is 2.08. The predicted molar refractivity (Wildman–Crippen MR) is 80.0 cm³/mol. The van der Waals surface area contributed by atoms with Crippen LogP contribution in [0.25, 0.3) is 0 Å². The lowest BCUT2D eigenvalue weighted by Crippen LogP contribution is -2.17. The second-order valence-corrected chi connectivity index (χ2v) is 6.31. The topological polar surface area (TPSA) is 101 Å². The van der Waals surface area contributed by atoms with E-state index in [9.17, 15) is 14.7 Å². The third-order valence-electron chi connectivity index (χ3n) is 3.17. The lowest BCUT2D eigenvalue weighted by atomic mass is 10.2. The van der Waals surface area contributed by atoms with Gasteiger partial charge in [0.1, 0.15) is 11.9 Å². The summed E-state index contributed by atoms with van der Waals surface area (Å²) < 4.78 is 28.5. The van der Waals surface area contributed by atoms with Gasteiger partial charge in [0.05, 0.1) is 17.2 Å². The zero-order valence-electron chi connectivity index (χ0n) is 11.9. The molecule has 0 N–H and O–H groups in total. The number of aromatic nitrogens is 1. The van der Waals surface area contributed by atoms with E-state index in [4.69, 9.17) is 13.6 Å². The molecular weight excluding hydrogens is 323 g/mol. The number of rotatable bonds is 4. The molecule has 0 aliphatic carbocycles. The number of nitrogens with zero attached hydrogens (tertiary/aromatic N) is 2. The number of benzene rings is 1. The molecule has 0 saturated carbocycles. The van der Waals surface area contributed by atoms with Gasteiger partial charge >= 0.3 is 7.82 Å². The van der Waals surface area contributed by atoms with E-state index in [0.717, 1.165) is 0 Å². The van der Waals surface area contributed by atoms with Crippen molar-refractivity contribution in [3.05, 3.63) is 64.5 Å². The number of nitro groups is 1. The Morgan fingerprint density at radius 1 is 1.26 bits per heavy atom. The van der Waals surface area contributed by atoms with Crippen LogP contribution in [0.3, 0.4) is 0 Å². The van der Waals surface area contributed by atoms with E-state index in [1.54, 1.807) is 18.3 Å². The van der Waals surface area contributed by atoms with Gasteiger partial charge in [-0.25, -0.2) is 4.57 Å². The Morgan fingerprint density at radius 3 is 2.70 bits per heavy atom. The summed E-state index contributed by atoms with van der Waals surface area (Å²) in [6, 6.07) is 10.5. The standard InChI is InChI=1S/C14H13N2O6P/c17-16(18)11-4-6-12(7-5-11)21-23(19)20-10-8-14(22-23)13-3-1-2-9-15-13/h1-7,9,14H,8,10H2. The molecule has 0 bridgehead atoms. The van der Waals surface area contributed by atoms with Crippen molar-refractivity contribution in [1.29, 1.82) is 0 Å². The first-order chi connectivity index (χ1) is 11.1. The van der Waals surface area contributed by atoms with Gasteiger partial charge in [-0.1, -0.05) is 6.07 Å². The van der Waals surface area contributed by atoms with Crippen molar-refractivity contribution in [3.8, 4) is 5.75 Å². The first kappa shape index (κ1) is 15.6. The summed E-state index contributed by atoms with van der Waals surface area (Å²) in [6.45, 7) is 0.200. The summed E-state index contributed by atoms with van der Waals surface area (Å²) in [7, 11) is -3.81. The van der Waals surface area contributed by atoms with Crippen LogP contribution in [0, 0.1) is 10.1 Å². The summed E-state index contributed by atoms with van der Waals surface area (Å²) in [5.41, 5.74) is 0.552. The highest BCUT2D eigenvalue weighted by atomic mass is 31.2. The third-order valence-corrected chi connectivity index (χ3v) is 4.61. The number of non-ortho nitro benzene ring substituents is 1. The average molecular weight is 336 g/mol.